The third-order valence-electron chi connectivity index (χ3n) is 3.83. The second-order valence-electron chi connectivity index (χ2n) is 5.47. The Kier molecular flexibility index (Phi) is 4.73. The molecule has 0 spiro atoms. The van der Waals surface area contributed by atoms with Crippen LogP contribution in [0.5, 0.6) is 0 Å². The highest BCUT2D eigenvalue weighted by atomic mass is 79.9. The fraction of sp³-hybridized carbons (Fsp3) is 0.294. The molecule has 0 fully saturated rings. The van der Waals surface area contributed by atoms with Crippen molar-refractivity contribution >= 4 is 27.7 Å². The number of aromatic nitrogens is 2. The highest BCUT2D eigenvalue weighted by molar-refractivity contribution is 9.10. The van der Waals surface area contributed by atoms with Gasteiger partial charge in [0.2, 0.25) is 5.91 Å². The second-order valence-corrected chi connectivity index (χ2v) is 6.39. The van der Waals surface area contributed by atoms with Crippen molar-refractivity contribution in [1.82, 2.24) is 9.78 Å². The van der Waals surface area contributed by atoms with Gasteiger partial charge in [-0.3, -0.25) is 4.79 Å². The molecule has 4 nitrogen and oxygen atoms in total. The Morgan fingerprint density at radius 3 is 3.05 bits per heavy atom. The summed E-state index contributed by atoms with van der Waals surface area (Å²) < 4.78 is 2.86. The van der Waals surface area contributed by atoms with Crippen LogP contribution in [0.2, 0.25) is 0 Å². The quantitative estimate of drug-likeness (QED) is 0.839. The first-order chi connectivity index (χ1) is 10.7. The maximum atomic E-state index is 12.3. The number of hydrogen-bond donors (Lipinski definition) is 1. The SMILES string of the molecule is O=C(Nc1ccnn1Cc1cccc(Br)c1)[C@@H]1CC=CCC1. The summed E-state index contributed by atoms with van der Waals surface area (Å²) in [6, 6.07) is 9.93. The third-order valence-corrected chi connectivity index (χ3v) is 4.32. The van der Waals surface area contributed by atoms with Crippen molar-refractivity contribution in [3.05, 3.63) is 58.7 Å². The van der Waals surface area contributed by atoms with Gasteiger partial charge in [0, 0.05) is 16.5 Å². The molecule has 1 heterocycles. The van der Waals surface area contributed by atoms with Crippen LogP contribution in [0.15, 0.2) is 53.2 Å². The molecule has 0 radical (unpaired) electrons. The fourth-order valence-electron chi connectivity index (χ4n) is 2.63. The number of halogens is 1. The van der Waals surface area contributed by atoms with Crippen molar-refractivity contribution in [3.63, 3.8) is 0 Å². The topological polar surface area (TPSA) is 46.9 Å². The predicted octanol–water partition coefficient (Wildman–Crippen LogP) is 3.99. The maximum absolute atomic E-state index is 12.3. The van der Waals surface area contributed by atoms with E-state index in [0.717, 1.165) is 35.1 Å². The van der Waals surface area contributed by atoms with Gasteiger partial charge in [-0.1, -0.05) is 40.2 Å². The van der Waals surface area contributed by atoms with E-state index in [1.807, 2.05) is 28.9 Å². The van der Waals surface area contributed by atoms with Crippen LogP contribution in [0.3, 0.4) is 0 Å². The molecule has 1 aromatic heterocycles. The van der Waals surface area contributed by atoms with E-state index >= 15 is 0 Å². The largest absolute Gasteiger partial charge is 0.311 e. The molecule has 0 bridgehead atoms. The first-order valence-corrected chi connectivity index (χ1v) is 8.24. The van der Waals surface area contributed by atoms with E-state index in [1.165, 1.54) is 0 Å². The summed E-state index contributed by atoms with van der Waals surface area (Å²) in [6.45, 7) is 0.632. The minimum Gasteiger partial charge on any atom is -0.311 e. The Hall–Kier alpha value is -1.88. The zero-order valence-electron chi connectivity index (χ0n) is 12.2. The maximum Gasteiger partial charge on any atom is 0.228 e. The van der Waals surface area contributed by atoms with Crippen LogP contribution < -0.4 is 5.32 Å². The Labute approximate surface area is 138 Å². The standard InChI is InChI=1S/C17H18BrN3O/c18-15-8-4-5-13(11-15)12-21-16(9-10-19-21)20-17(22)14-6-2-1-3-7-14/h1-2,4-5,8-11,14H,3,6-7,12H2,(H,20,22)/t14-/m1/s1. The summed E-state index contributed by atoms with van der Waals surface area (Å²) in [5.74, 6) is 0.902. The smallest absolute Gasteiger partial charge is 0.228 e. The number of rotatable bonds is 4. The Morgan fingerprint density at radius 1 is 1.36 bits per heavy atom. The molecule has 5 heteroatoms. The highest BCUT2D eigenvalue weighted by Gasteiger charge is 2.19. The minimum absolute atomic E-state index is 0.0687. The summed E-state index contributed by atoms with van der Waals surface area (Å²) in [4.78, 5) is 12.3. The molecule has 1 amide bonds. The molecule has 0 saturated heterocycles. The van der Waals surface area contributed by atoms with Gasteiger partial charge in [-0.2, -0.15) is 5.10 Å². The lowest BCUT2D eigenvalue weighted by Crippen LogP contribution is -2.25. The number of amides is 1. The molecule has 0 aliphatic heterocycles. The molecular weight excluding hydrogens is 342 g/mol. The fourth-order valence-corrected chi connectivity index (χ4v) is 3.08. The lowest BCUT2D eigenvalue weighted by Gasteiger charge is -2.17. The van der Waals surface area contributed by atoms with Crippen LogP contribution in [0.4, 0.5) is 5.82 Å². The Bertz CT molecular complexity index is 693. The molecular formula is C17H18BrN3O. The van der Waals surface area contributed by atoms with Gasteiger partial charge in [0.25, 0.3) is 0 Å². The summed E-state index contributed by atoms with van der Waals surface area (Å²) in [6.07, 6.45) is 8.67. The zero-order valence-corrected chi connectivity index (χ0v) is 13.8. The van der Waals surface area contributed by atoms with Crippen molar-refractivity contribution < 1.29 is 4.79 Å². The molecule has 1 aliphatic rings. The number of hydrogen-bond acceptors (Lipinski definition) is 2. The second kappa shape index (κ2) is 6.92. The van der Waals surface area contributed by atoms with Crippen LogP contribution in [0.1, 0.15) is 24.8 Å². The van der Waals surface area contributed by atoms with Gasteiger partial charge < -0.3 is 5.32 Å². The van der Waals surface area contributed by atoms with Crippen LogP contribution in [0, 0.1) is 5.92 Å². The Morgan fingerprint density at radius 2 is 2.27 bits per heavy atom. The van der Waals surface area contributed by atoms with Crippen molar-refractivity contribution in [1.29, 1.82) is 0 Å². The number of nitrogens with one attached hydrogen (secondary N) is 1. The molecule has 2 aromatic rings. The van der Waals surface area contributed by atoms with Gasteiger partial charge >= 0.3 is 0 Å². The first-order valence-electron chi connectivity index (χ1n) is 7.44. The zero-order chi connectivity index (χ0) is 15.4. The lowest BCUT2D eigenvalue weighted by molar-refractivity contribution is -0.120. The number of anilines is 1. The third kappa shape index (κ3) is 3.65. The van der Waals surface area contributed by atoms with E-state index < -0.39 is 0 Å². The molecule has 0 unspecified atom stereocenters. The van der Waals surface area contributed by atoms with Gasteiger partial charge in [0.1, 0.15) is 5.82 Å². The molecule has 1 aliphatic carbocycles. The van der Waals surface area contributed by atoms with E-state index in [1.54, 1.807) is 6.20 Å². The molecule has 114 valence electrons. The number of carbonyl (C=O) groups is 1. The number of nitrogens with zero attached hydrogens (tertiary/aromatic N) is 2. The van der Waals surface area contributed by atoms with Crippen LogP contribution in [-0.2, 0) is 11.3 Å². The molecule has 1 atom stereocenters. The lowest BCUT2D eigenvalue weighted by atomic mass is 9.94. The summed E-state index contributed by atoms with van der Waals surface area (Å²) >= 11 is 3.47. The van der Waals surface area contributed by atoms with Crippen LogP contribution in [0.25, 0.3) is 0 Å². The van der Waals surface area contributed by atoms with Crippen LogP contribution >= 0.6 is 15.9 Å². The summed E-state index contributed by atoms with van der Waals surface area (Å²) in [5.41, 5.74) is 1.13. The monoisotopic (exact) mass is 359 g/mol. The van der Waals surface area contributed by atoms with Crippen molar-refractivity contribution in [2.45, 2.75) is 25.8 Å². The normalized spacial score (nSPS) is 17.4. The minimum atomic E-state index is 0.0687. The van der Waals surface area contributed by atoms with Gasteiger partial charge in [0.05, 0.1) is 12.7 Å². The number of carbonyl (C=O) groups excluding carboxylic acids is 1. The molecule has 0 saturated carbocycles. The van der Waals surface area contributed by atoms with E-state index in [2.05, 4.69) is 44.6 Å². The summed E-state index contributed by atoms with van der Waals surface area (Å²) in [5, 5.41) is 7.32. The van der Waals surface area contributed by atoms with E-state index in [9.17, 15) is 4.79 Å². The van der Waals surface area contributed by atoms with Crippen molar-refractivity contribution in [3.8, 4) is 0 Å². The van der Waals surface area contributed by atoms with Gasteiger partial charge in [-0.15, -0.1) is 0 Å². The molecule has 1 aromatic carbocycles. The molecule has 1 N–H and O–H groups in total. The molecule has 3 rings (SSSR count). The van der Waals surface area contributed by atoms with Crippen molar-refractivity contribution in [2.24, 2.45) is 5.92 Å². The van der Waals surface area contributed by atoms with E-state index in [-0.39, 0.29) is 11.8 Å². The summed E-state index contributed by atoms with van der Waals surface area (Å²) in [7, 11) is 0. The highest BCUT2D eigenvalue weighted by Crippen LogP contribution is 2.21. The van der Waals surface area contributed by atoms with Gasteiger partial charge in [-0.05, 0) is 37.0 Å². The van der Waals surface area contributed by atoms with Crippen LogP contribution in [-0.4, -0.2) is 15.7 Å². The number of allylic oxidation sites excluding steroid dienone is 2. The average Bonchev–Trinajstić information content (AvgIpc) is 2.95. The van der Waals surface area contributed by atoms with E-state index in [0.29, 0.717) is 6.54 Å². The van der Waals surface area contributed by atoms with Gasteiger partial charge in [-0.25, -0.2) is 4.68 Å². The van der Waals surface area contributed by atoms with E-state index in [4.69, 9.17) is 0 Å². The number of benzene rings is 1. The Balaban J connectivity index is 1.69. The average molecular weight is 360 g/mol. The first kappa shape index (κ1) is 15.0. The van der Waals surface area contributed by atoms with Crippen molar-refractivity contribution in [2.75, 3.05) is 5.32 Å². The molecule has 22 heavy (non-hydrogen) atoms. The predicted molar refractivity (Wildman–Crippen MR) is 90.6 cm³/mol. The van der Waals surface area contributed by atoms with Gasteiger partial charge in [0.15, 0.2) is 0 Å².